The van der Waals surface area contributed by atoms with E-state index in [1.807, 2.05) is 31.2 Å². The molecule has 1 N–H and O–H groups in total. The average molecular weight is 415 g/mol. The van der Waals surface area contributed by atoms with Gasteiger partial charge in [0.25, 0.3) is 0 Å². The highest BCUT2D eigenvalue weighted by Gasteiger charge is 2.26. The van der Waals surface area contributed by atoms with E-state index < -0.39 is 21.9 Å². The van der Waals surface area contributed by atoms with Crippen LogP contribution in [0.15, 0.2) is 53.4 Å². The van der Waals surface area contributed by atoms with Crippen LogP contribution in [-0.2, 0) is 14.8 Å². The SMILES string of the molecule is Cc1ccc(C(CN2CCOCC2)NS(=O)(=O)c2ccccc2F)cc1.Cl. The van der Waals surface area contributed by atoms with Gasteiger partial charge in [-0.15, -0.1) is 12.4 Å². The van der Waals surface area contributed by atoms with Crippen molar-refractivity contribution in [3.63, 3.8) is 0 Å². The standard InChI is InChI=1S/C19H23FN2O3S.ClH/c1-15-6-8-16(9-7-15)18(14-22-10-12-25-13-11-22)21-26(23,24)19-5-3-2-4-17(19)20;/h2-9,18,21H,10-14H2,1H3;1H. The topological polar surface area (TPSA) is 58.6 Å². The lowest BCUT2D eigenvalue weighted by atomic mass is 10.1. The fourth-order valence-electron chi connectivity index (χ4n) is 2.96. The molecule has 0 radical (unpaired) electrons. The van der Waals surface area contributed by atoms with Crippen molar-refractivity contribution in [1.29, 1.82) is 0 Å². The lowest BCUT2D eigenvalue weighted by Crippen LogP contribution is -2.43. The number of hydrogen-bond acceptors (Lipinski definition) is 4. The van der Waals surface area contributed by atoms with Crippen molar-refractivity contribution in [2.75, 3.05) is 32.8 Å². The number of nitrogens with zero attached hydrogens (tertiary/aromatic N) is 1. The molecule has 1 heterocycles. The first kappa shape index (κ1) is 21.8. The molecule has 2 aromatic carbocycles. The number of benzene rings is 2. The van der Waals surface area contributed by atoms with Gasteiger partial charge in [0.2, 0.25) is 10.0 Å². The van der Waals surface area contributed by atoms with E-state index in [2.05, 4.69) is 9.62 Å². The highest BCUT2D eigenvalue weighted by molar-refractivity contribution is 7.89. The van der Waals surface area contributed by atoms with Crippen LogP contribution in [0.25, 0.3) is 0 Å². The molecule has 0 saturated carbocycles. The van der Waals surface area contributed by atoms with E-state index in [0.717, 1.165) is 30.3 Å². The van der Waals surface area contributed by atoms with Crippen LogP contribution in [0.5, 0.6) is 0 Å². The number of ether oxygens (including phenoxy) is 1. The predicted molar refractivity (Wildman–Crippen MR) is 105 cm³/mol. The molecule has 3 rings (SSSR count). The third-order valence-corrected chi connectivity index (χ3v) is 5.95. The summed E-state index contributed by atoms with van der Waals surface area (Å²) in [6, 6.07) is 12.6. The Labute approximate surface area is 166 Å². The summed E-state index contributed by atoms with van der Waals surface area (Å²) in [6.07, 6.45) is 0. The number of sulfonamides is 1. The molecular weight excluding hydrogens is 391 g/mol. The fraction of sp³-hybridized carbons (Fsp3) is 0.368. The number of aryl methyl sites for hydroxylation is 1. The normalized spacial score (nSPS) is 16.5. The molecule has 8 heteroatoms. The first-order valence-corrected chi connectivity index (χ1v) is 10.1. The van der Waals surface area contributed by atoms with Crippen LogP contribution in [0.1, 0.15) is 17.2 Å². The van der Waals surface area contributed by atoms with Gasteiger partial charge in [-0.25, -0.2) is 17.5 Å². The Bertz CT molecular complexity index is 840. The van der Waals surface area contributed by atoms with Crippen LogP contribution < -0.4 is 4.72 Å². The molecule has 0 aliphatic carbocycles. The van der Waals surface area contributed by atoms with E-state index in [1.165, 1.54) is 18.2 Å². The molecule has 2 aromatic rings. The van der Waals surface area contributed by atoms with E-state index in [9.17, 15) is 12.8 Å². The minimum absolute atomic E-state index is 0. The molecule has 0 amide bonds. The van der Waals surface area contributed by atoms with Gasteiger partial charge in [-0.05, 0) is 24.6 Å². The van der Waals surface area contributed by atoms with E-state index >= 15 is 0 Å². The summed E-state index contributed by atoms with van der Waals surface area (Å²) in [5.41, 5.74) is 1.94. The maximum Gasteiger partial charge on any atom is 0.244 e. The largest absolute Gasteiger partial charge is 0.379 e. The van der Waals surface area contributed by atoms with Gasteiger partial charge in [0.1, 0.15) is 10.7 Å². The number of halogens is 2. The van der Waals surface area contributed by atoms with E-state index in [-0.39, 0.29) is 17.3 Å². The van der Waals surface area contributed by atoms with Crippen molar-refractivity contribution in [1.82, 2.24) is 9.62 Å². The van der Waals surface area contributed by atoms with Gasteiger partial charge in [-0.1, -0.05) is 42.0 Å². The van der Waals surface area contributed by atoms with Gasteiger partial charge in [-0.3, -0.25) is 4.90 Å². The fourth-order valence-corrected chi connectivity index (χ4v) is 4.26. The summed E-state index contributed by atoms with van der Waals surface area (Å²) >= 11 is 0. The minimum Gasteiger partial charge on any atom is -0.379 e. The van der Waals surface area contributed by atoms with E-state index in [1.54, 1.807) is 0 Å². The third-order valence-electron chi connectivity index (χ3n) is 4.45. The zero-order valence-electron chi connectivity index (χ0n) is 15.1. The molecule has 0 bridgehead atoms. The van der Waals surface area contributed by atoms with Crippen LogP contribution in [0.3, 0.4) is 0 Å². The third kappa shape index (κ3) is 5.73. The molecule has 0 aromatic heterocycles. The van der Waals surface area contributed by atoms with Gasteiger partial charge in [0.15, 0.2) is 0 Å². The summed E-state index contributed by atoms with van der Waals surface area (Å²) in [6.45, 7) is 5.21. The monoisotopic (exact) mass is 414 g/mol. The summed E-state index contributed by atoms with van der Waals surface area (Å²) in [7, 11) is -3.98. The number of rotatable bonds is 6. The Hall–Kier alpha value is -1.51. The smallest absolute Gasteiger partial charge is 0.244 e. The molecule has 1 unspecified atom stereocenters. The van der Waals surface area contributed by atoms with Crippen molar-refractivity contribution in [3.05, 3.63) is 65.5 Å². The Morgan fingerprint density at radius 2 is 1.74 bits per heavy atom. The number of hydrogen-bond donors (Lipinski definition) is 1. The van der Waals surface area contributed by atoms with Gasteiger partial charge in [-0.2, -0.15) is 0 Å². The van der Waals surface area contributed by atoms with Crippen LogP contribution >= 0.6 is 12.4 Å². The summed E-state index contributed by atoms with van der Waals surface area (Å²) < 4.78 is 47.5. The summed E-state index contributed by atoms with van der Waals surface area (Å²) in [5.74, 6) is -0.756. The van der Waals surface area contributed by atoms with Crippen LogP contribution in [0.2, 0.25) is 0 Å². The first-order valence-electron chi connectivity index (χ1n) is 8.59. The Balaban J connectivity index is 0.00000261. The summed E-state index contributed by atoms with van der Waals surface area (Å²) in [4.78, 5) is 1.82. The lowest BCUT2D eigenvalue weighted by molar-refractivity contribution is 0.0345. The Morgan fingerprint density at radius 1 is 1.11 bits per heavy atom. The van der Waals surface area contributed by atoms with Gasteiger partial charge in [0, 0.05) is 19.6 Å². The maximum absolute atomic E-state index is 14.0. The van der Waals surface area contributed by atoms with Crippen molar-refractivity contribution in [3.8, 4) is 0 Å². The number of morpholine rings is 1. The van der Waals surface area contributed by atoms with E-state index in [4.69, 9.17) is 4.74 Å². The maximum atomic E-state index is 14.0. The van der Waals surface area contributed by atoms with Gasteiger partial charge in [0.05, 0.1) is 19.3 Å². The highest BCUT2D eigenvalue weighted by Crippen LogP contribution is 2.21. The molecule has 5 nitrogen and oxygen atoms in total. The second kappa shape index (κ2) is 9.61. The highest BCUT2D eigenvalue weighted by atomic mass is 35.5. The van der Waals surface area contributed by atoms with Gasteiger partial charge >= 0.3 is 0 Å². The quantitative estimate of drug-likeness (QED) is 0.789. The molecular formula is C19H24ClFN2O3S. The lowest BCUT2D eigenvalue weighted by Gasteiger charge is -2.31. The number of nitrogens with one attached hydrogen (secondary N) is 1. The Kier molecular flexibility index (Phi) is 7.76. The van der Waals surface area contributed by atoms with Crippen LogP contribution in [-0.4, -0.2) is 46.2 Å². The van der Waals surface area contributed by atoms with Crippen molar-refractivity contribution < 1.29 is 17.5 Å². The molecule has 1 atom stereocenters. The molecule has 1 aliphatic rings. The Morgan fingerprint density at radius 3 is 2.37 bits per heavy atom. The van der Waals surface area contributed by atoms with Crippen molar-refractivity contribution in [2.45, 2.75) is 17.9 Å². The molecule has 148 valence electrons. The van der Waals surface area contributed by atoms with Crippen molar-refractivity contribution >= 4 is 22.4 Å². The zero-order valence-corrected chi connectivity index (χ0v) is 16.7. The van der Waals surface area contributed by atoms with Crippen LogP contribution in [0.4, 0.5) is 4.39 Å². The first-order chi connectivity index (χ1) is 12.5. The molecule has 1 saturated heterocycles. The van der Waals surface area contributed by atoms with Crippen molar-refractivity contribution in [2.24, 2.45) is 0 Å². The molecule has 0 spiro atoms. The summed E-state index contributed by atoms with van der Waals surface area (Å²) in [5, 5.41) is 0. The molecule has 1 fully saturated rings. The average Bonchev–Trinajstić information content (AvgIpc) is 2.63. The van der Waals surface area contributed by atoms with E-state index in [0.29, 0.717) is 19.8 Å². The zero-order chi connectivity index (χ0) is 18.6. The van der Waals surface area contributed by atoms with Crippen LogP contribution in [0, 0.1) is 12.7 Å². The second-order valence-electron chi connectivity index (χ2n) is 6.43. The molecule has 1 aliphatic heterocycles. The van der Waals surface area contributed by atoms with Gasteiger partial charge < -0.3 is 4.74 Å². The minimum atomic E-state index is -3.98. The molecule has 27 heavy (non-hydrogen) atoms. The predicted octanol–water partition coefficient (Wildman–Crippen LogP) is 2.91. The second-order valence-corrected chi connectivity index (χ2v) is 8.11.